The van der Waals surface area contributed by atoms with Gasteiger partial charge >= 0.3 is 51.4 Å². The molecule has 1 nitrogen and oxygen atoms in total. The fourth-order valence-electron chi connectivity index (χ4n) is 0. The molecule has 0 unspecified atom stereocenters. The molecule has 0 aromatic carbocycles. The minimum absolute atomic E-state index is 0. The Bertz CT molecular complexity index is 36.5. The van der Waals surface area contributed by atoms with Crippen LogP contribution in [0.4, 0.5) is 0 Å². The van der Waals surface area contributed by atoms with Gasteiger partial charge in [0.15, 0.2) is 0 Å². The first kappa shape index (κ1) is 15.8. The second-order valence-corrected chi connectivity index (χ2v) is 1.00. The summed E-state index contributed by atoms with van der Waals surface area (Å²) in [5.41, 5.74) is 0. The molecule has 0 aromatic heterocycles. The Morgan fingerprint density at radius 2 is 1.67 bits per heavy atom. The summed E-state index contributed by atoms with van der Waals surface area (Å²) >= 11 is 4.64. The molecule has 0 spiro atoms. The Kier molecular flexibility index (Phi) is 27.1. The molecule has 0 aliphatic rings. The second kappa shape index (κ2) is 10.3. The largest absolute Gasteiger partial charge is 1.00 e. The van der Waals surface area contributed by atoms with E-state index >= 15 is 0 Å². The van der Waals surface area contributed by atoms with E-state index in [9.17, 15) is 4.79 Å². The predicted octanol–water partition coefficient (Wildman–Crippen LogP) is -5.22. The molecular weight excluding hydrogens is 241 g/mol. The zero-order valence-electron chi connectivity index (χ0n) is 3.66. The van der Waals surface area contributed by atoms with E-state index in [1.165, 1.54) is 6.92 Å². The van der Waals surface area contributed by atoms with E-state index in [1.54, 1.807) is 0 Å². The summed E-state index contributed by atoms with van der Waals surface area (Å²) in [5.74, 6) is 0. The number of carbonyl (C=O) groups excluding carboxylic acids is 1. The van der Waals surface area contributed by atoms with Crippen LogP contribution in [0.15, 0.2) is 0 Å². The molecule has 0 atom stereocenters. The van der Waals surface area contributed by atoms with Crippen molar-refractivity contribution in [1.82, 2.24) is 0 Å². The molecule has 0 aliphatic heterocycles. The molecule has 4 heteroatoms. The van der Waals surface area contributed by atoms with E-state index in [0.717, 1.165) is 0 Å². The molecule has 0 N–H and O–H groups in total. The van der Waals surface area contributed by atoms with Crippen molar-refractivity contribution >= 4 is 16.8 Å². The van der Waals surface area contributed by atoms with Crippen LogP contribution in [0.25, 0.3) is 0 Å². The van der Waals surface area contributed by atoms with Crippen molar-refractivity contribution < 1.29 is 80.2 Å². The molecule has 0 aromatic rings. The van der Waals surface area contributed by atoms with Gasteiger partial charge in [-0.1, -0.05) is 0 Å². The maximum absolute atomic E-state index is 9.21. The van der Waals surface area contributed by atoms with Crippen molar-refractivity contribution in [2.24, 2.45) is 0 Å². The van der Waals surface area contributed by atoms with E-state index in [1.807, 2.05) is 0 Å². The molecule has 0 bridgehead atoms. The van der Waals surface area contributed by atoms with Gasteiger partial charge in [-0.3, -0.25) is 4.79 Å². The van der Waals surface area contributed by atoms with E-state index in [4.69, 9.17) is 0 Å². The van der Waals surface area contributed by atoms with Gasteiger partial charge in [-0.2, -0.15) is 0 Å². The normalized spacial score (nSPS) is 4.33. The average molecular weight is 244 g/mol. The Hall–Kier alpha value is 2.33. The standard InChI is InChI=1S/C2H3ClO.HI.K/c1-2(3)4;;/h1H3;1H;/q;;+1/p-1. The number of halogens is 2. The van der Waals surface area contributed by atoms with Gasteiger partial charge < -0.3 is 24.0 Å². The molecule has 32 valence electrons. The topological polar surface area (TPSA) is 17.1 Å². The van der Waals surface area contributed by atoms with E-state index in [2.05, 4.69) is 11.6 Å². The van der Waals surface area contributed by atoms with Crippen LogP contribution in [0.2, 0.25) is 0 Å². The number of rotatable bonds is 0. The molecule has 0 radical (unpaired) electrons. The quantitative estimate of drug-likeness (QED) is 0.237. The van der Waals surface area contributed by atoms with Crippen LogP contribution in [0.3, 0.4) is 0 Å². The number of hydrogen-bond acceptors (Lipinski definition) is 1. The Morgan fingerprint density at radius 3 is 1.67 bits per heavy atom. The van der Waals surface area contributed by atoms with Gasteiger partial charge in [-0.05, 0) is 11.6 Å². The Morgan fingerprint density at radius 1 is 1.67 bits per heavy atom. The van der Waals surface area contributed by atoms with Crippen molar-refractivity contribution in [3.8, 4) is 0 Å². The van der Waals surface area contributed by atoms with Gasteiger partial charge in [-0.25, -0.2) is 0 Å². The molecular formula is C2H3ClIKO. The molecule has 6 heavy (non-hydrogen) atoms. The second-order valence-electron chi connectivity index (χ2n) is 0.470. The fourth-order valence-corrected chi connectivity index (χ4v) is 0. The average Bonchev–Trinajstić information content (AvgIpc) is 0.811. The maximum atomic E-state index is 9.21. The van der Waals surface area contributed by atoms with Gasteiger partial charge in [0.05, 0.1) is 0 Å². The number of carbonyl (C=O) groups is 1. The van der Waals surface area contributed by atoms with Crippen LogP contribution < -0.4 is 75.4 Å². The Balaban J connectivity index is -0.0000000450. The first-order chi connectivity index (χ1) is 1.73. The molecule has 0 saturated heterocycles. The zero-order chi connectivity index (χ0) is 3.58. The minimum Gasteiger partial charge on any atom is -1.00 e. The summed E-state index contributed by atoms with van der Waals surface area (Å²) in [6.07, 6.45) is 0. The summed E-state index contributed by atoms with van der Waals surface area (Å²) in [6.45, 7) is 1.29. The summed E-state index contributed by atoms with van der Waals surface area (Å²) in [4.78, 5) is 9.21. The monoisotopic (exact) mass is 244 g/mol. The van der Waals surface area contributed by atoms with Crippen LogP contribution in [-0.2, 0) is 4.79 Å². The Labute approximate surface area is 102 Å². The first-order valence-corrected chi connectivity index (χ1v) is 1.27. The molecule has 0 saturated carbocycles. The van der Waals surface area contributed by atoms with Crippen molar-refractivity contribution in [2.75, 3.05) is 0 Å². The van der Waals surface area contributed by atoms with E-state index < -0.39 is 0 Å². The molecule has 0 amide bonds. The minimum atomic E-state index is -0.361. The van der Waals surface area contributed by atoms with Gasteiger partial charge in [0.2, 0.25) is 5.24 Å². The van der Waals surface area contributed by atoms with Gasteiger partial charge in [0.25, 0.3) is 0 Å². The molecule has 0 heterocycles. The summed E-state index contributed by atoms with van der Waals surface area (Å²) in [6, 6.07) is 0. The maximum Gasteiger partial charge on any atom is 1.00 e. The van der Waals surface area contributed by atoms with Crippen molar-refractivity contribution in [2.45, 2.75) is 6.92 Å². The SMILES string of the molecule is CC(=O)Cl.[I-].[K+]. The summed E-state index contributed by atoms with van der Waals surface area (Å²) in [7, 11) is 0. The van der Waals surface area contributed by atoms with Gasteiger partial charge in [-0.15, -0.1) is 0 Å². The smallest absolute Gasteiger partial charge is 1.00 e. The van der Waals surface area contributed by atoms with Crippen LogP contribution in [0, 0.1) is 0 Å². The predicted molar refractivity (Wildman–Crippen MR) is 16.5 cm³/mol. The van der Waals surface area contributed by atoms with Crippen LogP contribution in [0.1, 0.15) is 6.92 Å². The van der Waals surface area contributed by atoms with Crippen molar-refractivity contribution in [1.29, 1.82) is 0 Å². The van der Waals surface area contributed by atoms with Gasteiger partial charge in [0, 0.05) is 6.92 Å². The van der Waals surface area contributed by atoms with Crippen molar-refractivity contribution in [3.63, 3.8) is 0 Å². The molecule has 0 rings (SSSR count). The first-order valence-electron chi connectivity index (χ1n) is 0.893. The van der Waals surface area contributed by atoms with Crippen LogP contribution in [-0.4, -0.2) is 5.24 Å². The fraction of sp³-hybridized carbons (Fsp3) is 0.500. The molecule has 0 fully saturated rings. The number of hydrogen-bond donors (Lipinski definition) is 0. The van der Waals surface area contributed by atoms with E-state index in [0.29, 0.717) is 0 Å². The third kappa shape index (κ3) is 33.2. The summed E-state index contributed by atoms with van der Waals surface area (Å²) in [5, 5.41) is -0.361. The van der Waals surface area contributed by atoms with Gasteiger partial charge in [0.1, 0.15) is 0 Å². The van der Waals surface area contributed by atoms with E-state index in [-0.39, 0.29) is 80.6 Å². The molecule has 0 aliphatic carbocycles. The third-order valence-corrected chi connectivity index (χ3v) is 0. The van der Waals surface area contributed by atoms with Crippen LogP contribution in [0.5, 0.6) is 0 Å². The van der Waals surface area contributed by atoms with Crippen molar-refractivity contribution in [3.05, 3.63) is 0 Å². The third-order valence-electron chi connectivity index (χ3n) is 0. The summed E-state index contributed by atoms with van der Waals surface area (Å²) < 4.78 is 0. The zero-order valence-corrected chi connectivity index (χ0v) is 9.70. The van der Waals surface area contributed by atoms with Crippen LogP contribution >= 0.6 is 11.6 Å².